The van der Waals surface area contributed by atoms with Gasteiger partial charge in [-0.2, -0.15) is 8.78 Å². The van der Waals surface area contributed by atoms with E-state index in [1.165, 1.54) is 0 Å². The number of nitrogens with two attached hydrogens (primary N) is 1. The predicted molar refractivity (Wildman–Crippen MR) is 35.4 cm³/mol. The molecule has 0 aliphatic heterocycles. The Hall–Kier alpha value is -1.04. The van der Waals surface area contributed by atoms with Crippen molar-refractivity contribution in [2.75, 3.05) is 6.54 Å². The van der Waals surface area contributed by atoms with E-state index in [-0.39, 0.29) is 25.2 Å². The van der Waals surface area contributed by atoms with Gasteiger partial charge in [-0.1, -0.05) is 0 Å². The van der Waals surface area contributed by atoms with E-state index >= 15 is 0 Å². The Kier molecular flexibility index (Phi) is 5.11. The summed E-state index contributed by atoms with van der Waals surface area (Å²) in [5, 5.41) is 0. The molecule has 0 atom stereocenters. The lowest BCUT2D eigenvalue weighted by atomic mass is 10.2. The predicted octanol–water partition coefficient (Wildman–Crippen LogP) is 0.0602. The highest BCUT2D eigenvalue weighted by atomic mass is 19.3. The number of Topliss-reactive ketones (excluding diaryl/α,β-unsaturated/α-hetero) is 1. The first-order valence-electron chi connectivity index (χ1n) is 3.25. The van der Waals surface area contributed by atoms with Gasteiger partial charge in [-0.25, -0.2) is 0 Å². The number of hydrogen-bond acceptors (Lipinski definition) is 4. The Morgan fingerprint density at radius 3 is 2.33 bits per heavy atom. The Bertz CT molecular complexity index is 172. The molecule has 0 aromatic rings. The standard InChI is InChI=1S/C6H9F2NO3/c7-6(8)12-5(11)2-1-4(10)3-9/h6H,1-3,9H2. The highest BCUT2D eigenvalue weighted by molar-refractivity contribution is 5.84. The molecular formula is C6H9F2NO3. The van der Waals surface area contributed by atoms with Crippen molar-refractivity contribution in [2.24, 2.45) is 5.73 Å². The molecule has 0 heterocycles. The first kappa shape index (κ1) is 11.0. The molecule has 0 saturated carbocycles. The lowest BCUT2D eigenvalue weighted by molar-refractivity contribution is -0.176. The molecule has 0 bridgehead atoms. The Morgan fingerprint density at radius 1 is 1.33 bits per heavy atom. The van der Waals surface area contributed by atoms with Crippen molar-refractivity contribution in [1.29, 1.82) is 0 Å². The van der Waals surface area contributed by atoms with Crippen LogP contribution in [0, 0.1) is 0 Å². The van der Waals surface area contributed by atoms with Gasteiger partial charge in [0.05, 0.1) is 13.0 Å². The normalized spacial score (nSPS) is 10.0. The van der Waals surface area contributed by atoms with Gasteiger partial charge in [-0.05, 0) is 0 Å². The molecule has 12 heavy (non-hydrogen) atoms. The minimum Gasteiger partial charge on any atom is -0.403 e. The van der Waals surface area contributed by atoms with Crippen LogP contribution in [0.4, 0.5) is 8.78 Å². The van der Waals surface area contributed by atoms with Crippen molar-refractivity contribution >= 4 is 11.8 Å². The summed E-state index contributed by atoms with van der Waals surface area (Å²) >= 11 is 0. The van der Waals surface area contributed by atoms with E-state index in [1.807, 2.05) is 0 Å². The van der Waals surface area contributed by atoms with Crippen LogP contribution in [0.15, 0.2) is 0 Å². The average Bonchev–Trinajstić information content (AvgIpc) is 1.99. The highest BCUT2D eigenvalue weighted by Gasteiger charge is 2.11. The van der Waals surface area contributed by atoms with Crippen LogP contribution in [0.2, 0.25) is 0 Å². The van der Waals surface area contributed by atoms with Gasteiger partial charge in [0.2, 0.25) is 0 Å². The summed E-state index contributed by atoms with van der Waals surface area (Å²) in [6.07, 6.45) is -0.498. The fourth-order valence-electron chi connectivity index (χ4n) is 0.502. The van der Waals surface area contributed by atoms with Gasteiger partial charge >= 0.3 is 12.6 Å². The molecule has 0 aliphatic carbocycles. The number of carbonyl (C=O) groups excluding carboxylic acids is 2. The third kappa shape index (κ3) is 5.72. The molecule has 0 amide bonds. The molecule has 6 heteroatoms. The maximum absolute atomic E-state index is 11.3. The summed E-state index contributed by atoms with van der Waals surface area (Å²) in [5.41, 5.74) is 4.91. The first-order chi connectivity index (χ1) is 5.56. The van der Waals surface area contributed by atoms with Crippen LogP contribution in [0.3, 0.4) is 0 Å². The molecule has 0 spiro atoms. The third-order valence-electron chi connectivity index (χ3n) is 1.06. The van der Waals surface area contributed by atoms with Crippen LogP contribution in [-0.4, -0.2) is 24.9 Å². The van der Waals surface area contributed by atoms with Crippen molar-refractivity contribution < 1.29 is 23.1 Å². The van der Waals surface area contributed by atoms with Crippen molar-refractivity contribution in [3.8, 4) is 0 Å². The Balaban J connectivity index is 3.51. The van der Waals surface area contributed by atoms with Crippen molar-refractivity contribution in [3.63, 3.8) is 0 Å². The van der Waals surface area contributed by atoms with E-state index in [0.717, 1.165) is 0 Å². The summed E-state index contributed by atoms with van der Waals surface area (Å²) in [7, 11) is 0. The van der Waals surface area contributed by atoms with Gasteiger partial charge in [-0.15, -0.1) is 0 Å². The minimum absolute atomic E-state index is 0.151. The van der Waals surface area contributed by atoms with E-state index in [2.05, 4.69) is 4.74 Å². The molecule has 0 aromatic carbocycles. The van der Waals surface area contributed by atoms with Gasteiger partial charge in [0.15, 0.2) is 0 Å². The SMILES string of the molecule is NCC(=O)CCC(=O)OC(F)F. The number of hydrogen-bond donors (Lipinski definition) is 1. The fraction of sp³-hybridized carbons (Fsp3) is 0.667. The smallest absolute Gasteiger partial charge is 0.389 e. The second-order valence-electron chi connectivity index (χ2n) is 1.99. The van der Waals surface area contributed by atoms with Crippen LogP contribution >= 0.6 is 0 Å². The molecule has 0 radical (unpaired) electrons. The number of esters is 1. The monoisotopic (exact) mass is 181 g/mol. The van der Waals surface area contributed by atoms with Crippen LogP contribution in [0.1, 0.15) is 12.8 Å². The molecule has 0 aliphatic rings. The van der Waals surface area contributed by atoms with Crippen LogP contribution in [0.5, 0.6) is 0 Å². The molecule has 0 aromatic heterocycles. The molecule has 0 saturated heterocycles. The Labute approximate surface area is 67.7 Å². The van der Waals surface area contributed by atoms with Crippen molar-refractivity contribution in [3.05, 3.63) is 0 Å². The van der Waals surface area contributed by atoms with Gasteiger partial charge in [0, 0.05) is 6.42 Å². The topological polar surface area (TPSA) is 69.4 Å². The van der Waals surface area contributed by atoms with Gasteiger partial charge in [-0.3, -0.25) is 9.59 Å². The zero-order chi connectivity index (χ0) is 9.56. The molecular weight excluding hydrogens is 172 g/mol. The van der Waals surface area contributed by atoms with E-state index < -0.39 is 12.6 Å². The summed E-state index contributed by atoms with van der Waals surface area (Å²) < 4.78 is 26.2. The summed E-state index contributed by atoms with van der Waals surface area (Å²) in [4.78, 5) is 20.9. The molecule has 0 unspecified atom stereocenters. The number of ether oxygens (including phenoxy) is 1. The van der Waals surface area contributed by atoms with Crippen LogP contribution in [0.25, 0.3) is 0 Å². The maximum atomic E-state index is 11.3. The minimum atomic E-state index is -3.12. The molecule has 0 rings (SSSR count). The third-order valence-corrected chi connectivity index (χ3v) is 1.06. The molecule has 2 N–H and O–H groups in total. The van der Waals surface area contributed by atoms with E-state index in [9.17, 15) is 18.4 Å². The van der Waals surface area contributed by atoms with E-state index in [1.54, 1.807) is 0 Å². The lowest BCUT2D eigenvalue weighted by Gasteiger charge is -2.00. The quantitative estimate of drug-likeness (QED) is 0.609. The summed E-state index contributed by atoms with van der Waals surface area (Å²) in [6, 6.07) is 0. The number of alkyl halides is 2. The van der Waals surface area contributed by atoms with Crippen molar-refractivity contribution in [2.45, 2.75) is 19.5 Å². The second kappa shape index (κ2) is 5.59. The lowest BCUT2D eigenvalue weighted by Crippen LogP contribution is -2.16. The van der Waals surface area contributed by atoms with Gasteiger partial charge in [0.25, 0.3) is 0 Å². The second-order valence-corrected chi connectivity index (χ2v) is 1.99. The first-order valence-corrected chi connectivity index (χ1v) is 3.25. The summed E-state index contributed by atoms with van der Waals surface area (Å²) in [6.45, 7) is -3.31. The summed E-state index contributed by atoms with van der Waals surface area (Å²) in [5.74, 6) is -1.45. The number of rotatable bonds is 5. The largest absolute Gasteiger partial charge is 0.403 e. The Morgan fingerprint density at radius 2 is 1.92 bits per heavy atom. The van der Waals surface area contributed by atoms with E-state index in [0.29, 0.717) is 0 Å². The number of carbonyl (C=O) groups is 2. The number of halogens is 2. The molecule has 4 nitrogen and oxygen atoms in total. The van der Waals surface area contributed by atoms with E-state index in [4.69, 9.17) is 5.73 Å². The number of ketones is 1. The fourth-order valence-corrected chi connectivity index (χ4v) is 0.502. The zero-order valence-electron chi connectivity index (χ0n) is 6.26. The van der Waals surface area contributed by atoms with Crippen LogP contribution in [-0.2, 0) is 14.3 Å². The molecule has 0 fully saturated rings. The molecule has 70 valence electrons. The van der Waals surface area contributed by atoms with Gasteiger partial charge in [0.1, 0.15) is 5.78 Å². The highest BCUT2D eigenvalue weighted by Crippen LogP contribution is 2.00. The van der Waals surface area contributed by atoms with Crippen molar-refractivity contribution in [1.82, 2.24) is 0 Å². The maximum Gasteiger partial charge on any atom is 0.389 e. The zero-order valence-corrected chi connectivity index (χ0v) is 6.26. The van der Waals surface area contributed by atoms with Crippen LogP contribution < -0.4 is 5.73 Å². The average molecular weight is 181 g/mol. The van der Waals surface area contributed by atoms with Gasteiger partial charge < -0.3 is 10.5 Å².